The molecule has 1 aliphatic heterocycles. The lowest BCUT2D eigenvalue weighted by atomic mass is 10.2. The molecule has 0 bridgehead atoms. The lowest BCUT2D eigenvalue weighted by molar-refractivity contribution is 0.461. The van der Waals surface area contributed by atoms with E-state index in [-0.39, 0.29) is 0 Å². The van der Waals surface area contributed by atoms with Crippen LogP contribution in [0.25, 0.3) is 0 Å². The van der Waals surface area contributed by atoms with Crippen molar-refractivity contribution in [1.82, 2.24) is 9.62 Å². The van der Waals surface area contributed by atoms with Crippen molar-refractivity contribution in [2.45, 2.75) is 37.8 Å². The fourth-order valence-corrected chi connectivity index (χ4v) is 4.28. The summed E-state index contributed by atoms with van der Waals surface area (Å²) in [4.78, 5) is 0.379. The summed E-state index contributed by atoms with van der Waals surface area (Å²) >= 11 is 0. The molecule has 1 aromatic heterocycles. The molecule has 5 nitrogen and oxygen atoms in total. The number of sulfonamides is 1. The summed E-state index contributed by atoms with van der Waals surface area (Å²) in [5, 5.41) is 3.29. The third-order valence-electron chi connectivity index (χ3n) is 4.05. The van der Waals surface area contributed by atoms with E-state index in [1.807, 2.05) is 31.2 Å². The zero-order valence-corrected chi connectivity index (χ0v) is 14.1. The van der Waals surface area contributed by atoms with Gasteiger partial charge < -0.3 is 9.73 Å². The van der Waals surface area contributed by atoms with E-state index in [1.54, 1.807) is 16.4 Å². The molecular formula is C17H22N2O3S. The molecule has 6 heteroatoms. The number of hydrogen-bond acceptors (Lipinski definition) is 4. The second kappa shape index (κ2) is 6.86. The van der Waals surface area contributed by atoms with Crippen molar-refractivity contribution >= 4 is 10.0 Å². The molecule has 0 aliphatic carbocycles. The number of furan rings is 1. The van der Waals surface area contributed by atoms with Crippen molar-refractivity contribution in [3.05, 3.63) is 53.5 Å². The van der Waals surface area contributed by atoms with E-state index in [1.165, 1.54) is 0 Å². The van der Waals surface area contributed by atoms with Crippen LogP contribution in [-0.2, 0) is 23.1 Å². The van der Waals surface area contributed by atoms with Crippen molar-refractivity contribution in [2.24, 2.45) is 0 Å². The quantitative estimate of drug-likeness (QED) is 0.882. The molecule has 1 saturated heterocycles. The van der Waals surface area contributed by atoms with Crippen molar-refractivity contribution in [3.8, 4) is 0 Å². The maximum atomic E-state index is 12.4. The summed E-state index contributed by atoms with van der Waals surface area (Å²) < 4.78 is 32.0. The molecule has 23 heavy (non-hydrogen) atoms. The average Bonchev–Trinajstić information content (AvgIpc) is 3.20. The van der Waals surface area contributed by atoms with E-state index in [2.05, 4.69) is 5.32 Å². The first-order valence-corrected chi connectivity index (χ1v) is 9.35. The monoisotopic (exact) mass is 334 g/mol. The van der Waals surface area contributed by atoms with Gasteiger partial charge in [0.15, 0.2) is 0 Å². The Kier molecular flexibility index (Phi) is 4.84. The highest BCUT2D eigenvalue weighted by Crippen LogP contribution is 2.21. The Balaban J connectivity index is 1.58. The van der Waals surface area contributed by atoms with Crippen LogP contribution in [0.3, 0.4) is 0 Å². The summed E-state index contributed by atoms with van der Waals surface area (Å²) in [5.74, 6) is 1.80. The number of hydrogen-bond donors (Lipinski definition) is 1. The number of rotatable bonds is 6. The van der Waals surface area contributed by atoms with Crippen molar-refractivity contribution in [1.29, 1.82) is 0 Å². The van der Waals surface area contributed by atoms with Gasteiger partial charge >= 0.3 is 0 Å². The maximum Gasteiger partial charge on any atom is 0.243 e. The summed E-state index contributed by atoms with van der Waals surface area (Å²) in [6.07, 6.45) is 1.90. The molecule has 1 aromatic carbocycles. The Hall–Kier alpha value is -1.63. The molecule has 0 radical (unpaired) electrons. The number of benzene rings is 1. The van der Waals surface area contributed by atoms with Gasteiger partial charge in [0, 0.05) is 19.6 Å². The highest BCUT2D eigenvalue weighted by atomic mass is 32.2. The van der Waals surface area contributed by atoms with Crippen LogP contribution in [0.5, 0.6) is 0 Å². The van der Waals surface area contributed by atoms with Gasteiger partial charge in [0.2, 0.25) is 10.0 Å². The van der Waals surface area contributed by atoms with Gasteiger partial charge in [-0.05, 0) is 49.6 Å². The standard InChI is InChI=1S/C17H22N2O3S/c1-14-4-7-16(22-14)13-18-12-15-5-8-17(9-6-15)23(20,21)19-10-2-3-11-19/h4-9,18H,2-3,10-13H2,1H3. The number of nitrogens with one attached hydrogen (secondary N) is 1. The SMILES string of the molecule is Cc1ccc(CNCc2ccc(S(=O)(=O)N3CCCC3)cc2)o1. The Bertz CT molecular complexity index is 744. The first-order valence-electron chi connectivity index (χ1n) is 7.91. The molecule has 124 valence electrons. The van der Waals surface area contributed by atoms with Gasteiger partial charge in [0.05, 0.1) is 11.4 Å². The van der Waals surface area contributed by atoms with Crippen LogP contribution in [0.1, 0.15) is 29.9 Å². The minimum absolute atomic E-state index is 0.379. The lowest BCUT2D eigenvalue weighted by Gasteiger charge is -2.15. The summed E-state index contributed by atoms with van der Waals surface area (Å²) in [7, 11) is -3.32. The highest BCUT2D eigenvalue weighted by Gasteiger charge is 2.26. The molecule has 1 N–H and O–H groups in total. The smallest absolute Gasteiger partial charge is 0.243 e. The van der Waals surface area contributed by atoms with Gasteiger partial charge in [-0.15, -0.1) is 0 Å². The Labute approximate surface area is 137 Å². The Morgan fingerprint density at radius 3 is 2.35 bits per heavy atom. The third kappa shape index (κ3) is 3.83. The molecule has 3 rings (SSSR count). The lowest BCUT2D eigenvalue weighted by Crippen LogP contribution is -2.27. The van der Waals surface area contributed by atoms with E-state index < -0.39 is 10.0 Å². The zero-order valence-electron chi connectivity index (χ0n) is 13.3. The van der Waals surface area contributed by atoms with Crippen LogP contribution in [0.2, 0.25) is 0 Å². The molecule has 0 saturated carbocycles. The predicted octanol–water partition coefficient (Wildman–Crippen LogP) is 2.66. The van der Waals surface area contributed by atoms with Crippen LogP contribution in [0.4, 0.5) is 0 Å². The van der Waals surface area contributed by atoms with E-state index >= 15 is 0 Å². The van der Waals surface area contributed by atoms with E-state index in [0.717, 1.165) is 29.9 Å². The van der Waals surface area contributed by atoms with Crippen LogP contribution in [-0.4, -0.2) is 25.8 Å². The molecule has 0 amide bonds. The molecule has 2 heterocycles. The second-order valence-corrected chi connectivity index (χ2v) is 7.81. The van der Waals surface area contributed by atoms with Crippen molar-refractivity contribution < 1.29 is 12.8 Å². The van der Waals surface area contributed by atoms with Crippen molar-refractivity contribution in [3.63, 3.8) is 0 Å². The van der Waals surface area contributed by atoms with Crippen LogP contribution in [0, 0.1) is 6.92 Å². The second-order valence-electron chi connectivity index (χ2n) is 5.87. The molecule has 2 aromatic rings. The fraction of sp³-hybridized carbons (Fsp3) is 0.412. The molecule has 0 atom stereocenters. The van der Waals surface area contributed by atoms with E-state index in [0.29, 0.717) is 31.1 Å². The van der Waals surface area contributed by atoms with Crippen molar-refractivity contribution in [2.75, 3.05) is 13.1 Å². The third-order valence-corrected chi connectivity index (χ3v) is 5.96. The first-order chi connectivity index (χ1) is 11.1. The summed E-state index contributed by atoms with van der Waals surface area (Å²) in [6.45, 7) is 4.51. The number of aryl methyl sites for hydroxylation is 1. The first kappa shape index (κ1) is 16.2. The highest BCUT2D eigenvalue weighted by molar-refractivity contribution is 7.89. The average molecular weight is 334 g/mol. The van der Waals surface area contributed by atoms with Crippen LogP contribution >= 0.6 is 0 Å². The fourth-order valence-electron chi connectivity index (χ4n) is 2.77. The molecule has 1 aliphatic rings. The van der Waals surface area contributed by atoms with Crippen LogP contribution in [0.15, 0.2) is 45.7 Å². The topological polar surface area (TPSA) is 62.6 Å². The van der Waals surface area contributed by atoms with Gasteiger partial charge in [-0.25, -0.2) is 8.42 Å². The van der Waals surface area contributed by atoms with Gasteiger partial charge in [0.25, 0.3) is 0 Å². The van der Waals surface area contributed by atoms with Crippen LogP contribution < -0.4 is 5.32 Å². The van der Waals surface area contributed by atoms with Gasteiger partial charge in [-0.3, -0.25) is 0 Å². The van der Waals surface area contributed by atoms with Gasteiger partial charge in [-0.2, -0.15) is 4.31 Å². The molecule has 1 fully saturated rings. The molecular weight excluding hydrogens is 312 g/mol. The van der Waals surface area contributed by atoms with Gasteiger partial charge in [-0.1, -0.05) is 12.1 Å². The predicted molar refractivity (Wildman–Crippen MR) is 88.4 cm³/mol. The Morgan fingerprint density at radius 1 is 1.04 bits per heavy atom. The summed E-state index contributed by atoms with van der Waals surface area (Å²) in [6, 6.07) is 11.0. The van der Waals surface area contributed by atoms with E-state index in [4.69, 9.17) is 4.42 Å². The zero-order chi connectivity index (χ0) is 16.3. The minimum Gasteiger partial charge on any atom is -0.465 e. The maximum absolute atomic E-state index is 12.4. The summed E-state index contributed by atoms with van der Waals surface area (Å²) in [5.41, 5.74) is 1.05. The minimum atomic E-state index is -3.32. The number of nitrogens with zero attached hydrogens (tertiary/aromatic N) is 1. The van der Waals surface area contributed by atoms with E-state index in [9.17, 15) is 8.42 Å². The van der Waals surface area contributed by atoms with Gasteiger partial charge in [0.1, 0.15) is 11.5 Å². The Morgan fingerprint density at radius 2 is 1.74 bits per heavy atom. The normalized spacial score (nSPS) is 16.0. The molecule has 0 unspecified atom stereocenters. The molecule has 0 spiro atoms. The largest absolute Gasteiger partial charge is 0.465 e.